The number of nitrogens with zero attached hydrogens (tertiary/aromatic N) is 2. The summed E-state index contributed by atoms with van der Waals surface area (Å²) in [5.41, 5.74) is 4.43. The van der Waals surface area contributed by atoms with Gasteiger partial charge < -0.3 is 5.32 Å². The van der Waals surface area contributed by atoms with Crippen LogP contribution in [0, 0.1) is 6.92 Å². The standard InChI is InChI=1S/C20H22N4O2/c1-4-15-16(20(26)24-23-17(15)5-2)11-21-19(25)14-8-9-18-13(10-14)7-6-12(3)22-18/h6-10H,4-5,11H2,1-3H3,(H,21,25)(H,24,26). The Morgan fingerprint density at radius 2 is 1.92 bits per heavy atom. The van der Waals surface area contributed by atoms with Crippen LogP contribution in [0.4, 0.5) is 0 Å². The molecule has 0 aliphatic carbocycles. The zero-order valence-corrected chi connectivity index (χ0v) is 15.2. The second kappa shape index (κ2) is 7.47. The van der Waals surface area contributed by atoms with Crippen LogP contribution >= 0.6 is 0 Å². The molecule has 0 saturated carbocycles. The number of aromatic amines is 1. The molecule has 0 saturated heterocycles. The van der Waals surface area contributed by atoms with Gasteiger partial charge in [0.15, 0.2) is 0 Å². The van der Waals surface area contributed by atoms with E-state index in [1.807, 2.05) is 45.0 Å². The van der Waals surface area contributed by atoms with Crippen molar-refractivity contribution in [2.45, 2.75) is 40.2 Å². The number of H-pyrrole nitrogens is 1. The van der Waals surface area contributed by atoms with Crippen molar-refractivity contribution in [1.82, 2.24) is 20.5 Å². The van der Waals surface area contributed by atoms with Crippen molar-refractivity contribution in [2.24, 2.45) is 0 Å². The molecule has 26 heavy (non-hydrogen) atoms. The highest BCUT2D eigenvalue weighted by atomic mass is 16.1. The smallest absolute Gasteiger partial charge is 0.269 e. The SMILES string of the molecule is CCc1n[nH]c(=O)c(CNC(=O)c2ccc3nc(C)ccc3c2)c1CC. The number of pyridine rings is 1. The van der Waals surface area contributed by atoms with E-state index in [0.717, 1.165) is 34.3 Å². The lowest BCUT2D eigenvalue weighted by Crippen LogP contribution is -2.29. The maximum Gasteiger partial charge on any atom is 0.269 e. The summed E-state index contributed by atoms with van der Waals surface area (Å²) in [6.07, 6.45) is 1.43. The Morgan fingerprint density at radius 1 is 1.12 bits per heavy atom. The first-order valence-electron chi connectivity index (χ1n) is 8.78. The molecule has 0 bridgehead atoms. The Labute approximate surface area is 151 Å². The molecule has 0 atom stereocenters. The van der Waals surface area contributed by atoms with Gasteiger partial charge in [-0.05, 0) is 49.6 Å². The van der Waals surface area contributed by atoms with Crippen molar-refractivity contribution in [2.75, 3.05) is 0 Å². The molecule has 2 aromatic heterocycles. The van der Waals surface area contributed by atoms with Gasteiger partial charge in [0, 0.05) is 28.8 Å². The van der Waals surface area contributed by atoms with E-state index in [0.29, 0.717) is 17.5 Å². The lowest BCUT2D eigenvalue weighted by molar-refractivity contribution is 0.0951. The summed E-state index contributed by atoms with van der Waals surface area (Å²) in [5, 5.41) is 10.4. The number of benzene rings is 1. The number of rotatable bonds is 5. The van der Waals surface area contributed by atoms with Crippen LogP contribution in [0.15, 0.2) is 35.1 Å². The number of carbonyl (C=O) groups is 1. The quantitative estimate of drug-likeness (QED) is 0.740. The minimum atomic E-state index is -0.252. The Morgan fingerprint density at radius 3 is 2.65 bits per heavy atom. The molecule has 134 valence electrons. The van der Waals surface area contributed by atoms with Crippen molar-refractivity contribution in [3.05, 3.63) is 68.8 Å². The third kappa shape index (κ3) is 3.49. The number of hydrogen-bond donors (Lipinski definition) is 2. The van der Waals surface area contributed by atoms with Crippen molar-refractivity contribution in [3.8, 4) is 0 Å². The lowest BCUT2D eigenvalue weighted by atomic mass is 10.0. The Balaban J connectivity index is 1.83. The van der Waals surface area contributed by atoms with E-state index >= 15 is 0 Å². The van der Waals surface area contributed by atoms with Crippen molar-refractivity contribution >= 4 is 16.8 Å². The van der Waals surface area contributed by atoms with Gasteiger partial charge in [0.2, 0.25) is 0 Å². The van der Waals surface area contributed by atoms with E-state index in [1.165, 1.54) is 0 Å². The highest BCUT2D eigenvalue weighted by molar-refractivity contribution is 5.97. The predicted molar refractivity (Wildman–Crippen MR) is 101 cm³/mol. The number of nitrogens with one attached hydrogen (secondary N) is 2. The van der Waals surface area contributed by atoms with Crippen LogP contribution in [0.5, 0.6) is 0 Å². The number of carbonyl (C=O) groups excluding carboxylic acids is 1. The molecule has 0 radical (unpaired) electrons. The third-order valence-electron chi connectivity index (χ3n) is 4.48. The Hall–Kier alpha value is -3.02. The van der Waals surface area contributed by atoms with Crippen LogP contribution in [-0.4, -0.2) is 21.1 Å². The zero-order valence-electron chi connectivity index (χ0n) is 15.2. The van der Waals surface area contributed by atoms with Crippen LogP contribution in [0.2, 0.25) is 0 Å². The number of aromatic nitrogens is 3. The van der Waals surface area contributed by atoms with Crippen LogP contribution in [0.3, 0.4) is 0 Å². The van der Waals surface area contributed by atoms with E-state index < -0.39 is 0 Å². The predicted octanol–water partition coefficient (Wildman–Crippen LogP) is 2.68. The second-order valence-corrected chi connectivity index (χ2v) is 6.21. The molecule has 3 aromatic rings. The minimum Gasteiger partial charge on any atom is -0.348 e. The van der Waals surface area contributed by atoms with Gasteiger partial charge in [0.1, 0.15) is 0 Å². The number of amides is 1. The van der Waals surface area contributed by atoms with Crippen LogP contribution < -0.4 is 10.9 Å². The highest BCUT2D eigenvalue weighted by Crippen LogP contribution is 2.15. The number of aryl methyl sites for hydroxylation is 2. The molecule has 0 aliphatic heterocycles. The number of fused-ring (bicyclic) bond motifs is 1. The molecular weight excluding hydrogens is 328 g/mol. The molecule has 6 nitrogen and oxygen atoms in total. The summed E-state index contributed by atoms with van der Waals surface area (Å²) in [4.78, 5) is 29.1. The topological polar surface area (TPSA) is 87.7 Å². The fourth-order valence-electron chi connectivity index (χ4n) is 3.10. The lowest BCUT2D eigenvalue weighted by Gasteiger charge is -2.11. The van der Waals surface area contributed by atoms with Gasteiger partial charge >= 0.3 is 0 Å². The van der Waals surface area contributed by atoms with Gasteiger partial charge in [-0.3, -0.25) is 14.6 Å². The summed E-state index contributed by atoms with van der Waals surface area (Å²) >= 11 is 0. The van der Waals surface area contributed by atoms with Crippen LogP contribution in [-0.2, 0) is 19.4 Å². The summed E-state index contributed by atoms with van der Waals surface area (Å²) in [7, 11) is 0. The van der Waals surface area contributed by atoms with Gasteiger partial charge in [-0.15, -0.1) is 0 Å². The van der Waals surface area contributed by atoms with Gasteiger partial charge in [-0.25, -0.2) is 5.10 Å². The summed E-state index contributed by atoms with van der Waals surface area (Å²) in [5.74, 6) is -0.219. The summed E-state index contributed by atoms with van der Waals surface area (Å²) in [6.45, 7) is 6.09. The van der Waals surface area contributed by atoms with Crippen molar-refractivity contribution in [3.63, 3.8) is 0 Å². The molecular formula is C20H22N4O2. The van der Waals surface area contributed by atoms with Gasteiger partial charge in [0.05, 0.1) is 11.2 Å². The first kappa shape index (κ1) is 17.8. The molecule has 0 unspecified atom stereocenters. The molecule has 0 spiro atoms. The van der Waals surface area contributed by atoms with E-state index in [2.05, 4.69) is 20.5 Å². The molecule has 1 aromatic carbocycles. The fourth-order valence-corrected chi connectivity index (χ4v) is 3.10. The molecule has 0 fully saturated rings. The molecule has 2 heterocycles. The van der Waals surface area contributed by atoms with E-state index in [9.17, 15) is 9.59 Å². The zero-order chi connectivity index (χ0) is 18.7. The molecule has 1 amide bonds. The Bertz CT molecular complexity index is 1020. The molecule has 2 N–H and O–H groups in total. The van der Waals surface area contributed by atoms with Crippen LogP contribution in [0.25, 0.3) is 10.9 Å². The van der Waals surface area contributed by atoms with E-state index in [-0.39, 0.29) is 18.0 Å². The monoisotopic (exact) mass is 350 g/mol. The van der Waals surface area contributed by atoms with Crippen molar-refractivity contribution in [1.29, 1.82) is 0 Å². The van der Waals surface area contributed by atoms with Gasteiger partial charge in [0.25, 0.3) is 11.5 Å². The maximum absolute atomic E-state index is 12.5. The Kier molecular flexibility index (Phi) is 5.11. The first-order valence-corrected chi connectivity index (χ1v) is 8.78. The largest absolute Gasteiger partial charge is 0.348 e. The second-order valence-electron chi connectivity index (χ2n) is 6.21. The van der Waals surface area contributed by atoms with Gasteiger partial charge in [-0.1, -0.05) is 19.9 Å². The number of hydrogen-bond acceptors (Lipinski definition) is 4. The van der Waals surface area contributed by atoms with E-state index in [4.69, 9.17) is 0 Å². The average molecular weight is 350 g/mol. The maximum atomic E-state index is 12.5. The van der Waals surface area contributed by atoms with Crippen molar-refractivity contribution < 1.29 is 4.79 Å². The normalized spacial score (nSPS) is 10.9. The van der Waals surface area contributed by atoms with E-state index in [1.54, 1.807) is 6.07 Å². The average Bonchev–Trinajstić information content (AvgIpc) is 2.65. The highest BCUT2D eigenvalue weighted by Gasteiger charge is 2.14. The molecule has 0 aliphatic rings. The molecule has 3 rings (SSSR count). The minimum absolute atomic E-state index is 0.178. The summed E-state index contributed by atoms with van der Waals surface area (Å²) in [6, 6.07) is 9.26. The summed E-state index contributed by atoms with van der Waals surface area (Å²) < 4.78 is 0. The fraction of sp³-hybridized carbons (Fsp3) is 0.300. The first-order chi connectivity index (χ1) is 12.5. The molecule has 6 heteroatoms. The van der Waals surface area contributed by atoms with Gasteiger partial charge in [-0.2, -0.15) is 5.10 Å². The van der Waals surface area contributed by atoms with Crippen LogP contribution in [0.1, 0.15) is 46.7 Å². The third-order valence-corrected chi connectivity index (χ3v) is 4.48.